The Balaban J connectivity index is 4.23. The van der Waals surface area contributed by atoms with Gasteiger partial charge in [-0.3, -0.25) is 14.4 Å². The highest BCUT2D eigenvalue weighted by atomic mass is 16.4. The minimum atomic E-state index is -2.11. The Hall–Kier alpha value is -1.31. The maximum atomic E-state index is 13.1. The summed E-state index contributed by atoms with van der Waals surface area (Å²) >= 11 is 0. The first-order chi connectivity index (χ1) is 23.9. The van der Waals surface area contributed by atoms with E-state index in [9.17, 15) is 29.7 Å². The fourth-order valence-electron chi connectivity index (χ4n) is 6.78. The van der Waals surface area contributed by atoms with Crippen LogP contribution in [-0.4, -0.2) is 69.6 Å². The molecular formula is C42H81NO6. The number of carbonyl (C=O) groups is 3. The lowest BCUT2D eigenvalue weighted by Crippen LogP contribution is -2.51. The van der Waals surface area contributed by atoms with Gasteiger partial charge in [-0.05, 0) is 12.8 Å². The van der Waals surface area contributed by atoms with E-state index >= 15 is 0 Å². The van der Waals surface area contributed by atoms with Gasteiger partial charge in [0.1, 0.15) is 12.2 Å². The van der Waals surface area contributed by atoms with Gasteiger partial charge in [0.05, 0.1) is 0 Å². The van der Waals surface area contributed by atoms with E-state index in [0.29, 0.717) is 13.1 Å². The third kappa shape index (κ3) is 29.0. The van der Waals surface area contributed by atoms with E-state index in [1.165, 1.54) is 167 Å². The quantitative estimate of drug-likeness (QED) is 0.0335. The van der Waals surface area contributed by atoms with E-state index in [-0.39, 0.29) is 6.29 Å². The minimum absolute atomic E-state index is 0.101. The van der Waals surface area contributed by atoms with Crippen LogP contribution < -0.4 is 0 Å². The molecule has 0 spiro atoms. The molecule has 0 saturated carbocycles. The average Bonchev–Trinajstić information content (AvgIpc) is 3.11. The van der Waals surface area contributed by atoms with Crippen molar-refractivity contribution < 1.29 is 29.7 Å². The lowest BCUT2D eigenvalue weighted by molar-refractivity contribution is -0.156. The molecule has 7 nitrogen and oxygen atoms in total. The van der Waals surface area contributed by atoms with Crippen molar-refractivity contribution in [3.63, 3.8) is 0 Å². The van der Waals surface area contributed by atoms with Crippen LogP contribution in [0.4, 0.5) is 0 Å². The number of aliphatic hydroxyl groups is 3. The molecule has 0 aliphatic rings. The Morgan fingerprint density at radius 1 is 0.429 bits per heavy atom. The fourth-order valence-corrected chi connectivity index (χ4v) is 6.78. The van der Waals surface area contributed by atoms with Crippen LogP contribution >= 0.6 is 0 Å². The molecule has 3 atom stereocenters. The number of amides is 1. The van der Waals surface area contributed by atoms with E-state index in [4.69, 9.17) is 0 Å². The molecule has 0 aliphatic heterocycles. The van der Waals surface area contributed by atoms with Crippen molar-refractivity contribution in [1.82, 2.24) is 4.90 Å². The monoisotopic (exact) mass is 696 g/mol. The number of unbranched alkanes of at least 4 members (excludes halogenated alkanes) is 30. The van der Waals surface area contributed by atoms with E-state index in [1.807, 2.05) is 0 Å². The standard InChI is InChI=1S/C42H81NO6/c1-3-5-7-9-11-13-15-17-19-21-23-25-27-29-31-33-35-43(42(49)41(48)40(47)39(46)38(45)37-44)36-34-32-30-28-26-24-22-20-18-16-14-12-10-8-6-4-2/h37,39-41,46-48H,3-36H2,1-2H3. The van der Waals surface area contributed by atoms with Crippen LogP contribution in [0.25, 0.3) is 0 Å². The Morgan fingerprint density at radius 2 is 0.673 bits per heavy atom. The summed E-state index contributed by atoms with van der Waals surface area (Å²) in [5.41, 5.74) is 0. The topological polar surface area (TPSA) is 115 Å². The van der Waals surface area contributed by atoms with E-state index in [1.54, 1.807) is 4.90 Å². The highest BCUT2D eigenvalue weighted by molar-refractivity contribution is 6.27. The molecule has 0 aromatic rings. The Morgan fingerprint density at radius 3 is 0.918 bits per heavy atom. The maximum absolute atomic E-state index is 13.1. The molecule has 0 rings (SSSR count). The Labute approximate surface area is 302 Å². The normalized spacial score (nSPS) is 13.3. The number of hydrogen-bond donors (Lipinski definition) is 3. The second-order valence-corrected chi connectivity index (χ2v) is 14.8. The van der Waals surface area contributed by atoms with Gasteiger partial charge in [-0.15, -0.1) is 0 Å². The van der Waals surface area contributed by atoms with E-state index in [0.717, 1.165) is 38.5 Å². The van der Waals surface area contributed by atoms with Gasteiger partial charge >= 0.3 is 0 Å². The molecule has 7 heteroatoms. The molecule has 0 radical (unpaired) electrons. The predicted octanol–water partition coefficient (Wildman–Crippen LogP) is 10.2. The third-order valence-electron chi connectivity index (χ3n) is 10.2. The van der Waals surface area contributed by atoms with Crippen LogP contribution in [-0.2, 0) is 14.4 Å². The molecule has 3 unspecified atom stereocenters. The number of ketones is 1. The van der Waals surface area contributed by atoms with Crippen LogP contribution in [0.2, 0.25) is 0 Å². The largest absolute Gasteiger partial charge is 0.387 e. The summed E-state index contributed by atoms with van der Waals surface area (Å²) in [6.45, 7) is 5.47. The number of aldehydes is 1. The molecule has 0 saturated heterocycles. The zero-order valence-electron chi connectivity index (χ0n) is 32.4. The first-order valence-corrected chi connectivity index (χ1v) is 21.2. The van der Waals surface area contributed by atoms with Crippen molar-refractivity contribution >= 4 is 18.0 Å². The maximum Gasteiger partial charge on any atom is 0.254 e. The summed E-state index contributed by atoms with van der Waals surface area (Å²) in [5, 5.41) is 30.6. The molecule has 0 aliphatic carbocycles. The van der Waals surface area contributed by atoms with Crippen molar-refractivity contribution in [2.45, 2.75) is 238 Å². The van der Waals surface area contributed by atoms with Gasteiger partial charge in [0.25, 0.3) is 5.91 Å². The summed E-state index contributed by atoms with van der Waals surface area (Å²) in [4.78, 5) is 36.9. The van der Waals surface area contributed by atoms with Crippen molar-refractivity contribution in [3.8, 4) is 0 Å². The Kier molecular flexibility index (Phi) is 35.5. The lowest BCUT2D eigenvalue weighted by atomic mass is 10.0. The second-order valence-electron chi connectivity index (χ2n) is 14.8. The van der Waals surface area contributed by atoms with E-state index in [2.05, 4.69) is 13.8 Å². The number of Topliss-reactive ketones (excluding diaryl/α,β-unsaturated/α-hetero) is 1. The predicted molar refractivity (Wildman–Crippen MR) is 205 cm³/mol. The summed E-state index contributed by atoms with van der Waals surface area (Å²) in [6.07, 6.45) is 34.4. The van der Waals surface area contributed by atoms with E-state index < -0.39 is 30.0 Å². The zero-order chi connectivity index (χ0) is 36.2. The van der Waals surface area contributed by atoms with Crippen LogP contribution in [0.15, 0.2) is 0 Å². The summed E-state index contributed by atoms with van der Waals surface area (Å²) < 4.78 is 0. The molecule has 0 heterocycles. The van der Waals surface area contributed by atoms with Crippen LogP contribution in [0, 0.1) is 0 Å². The molecule has 1 amide bonds. The molecular weight excluding hydrogens is 614 g/mol. The summed E-state index contributed by atoms with van der Waals surface area (Å²) in [7, 11) is 0. The van der Waals surface area contributed by atoms with Crippen molar-refractivity contribution in [2.75, 3.05) is 13.1 Å². The number of carbonyl (C=O) groups excluding carboxylic acids is 3. The van der Waals surface area contributed by atoms with Crippen LogP contribution in [0.3, 0.4) is 0 Å². The Bertz CT molecular complexity index is 711. The van der Waals surface area contributed by atoms with Crippen LogP contribution in [0.5, 0.6) is 0 Å². The summed E-state index contributed by atoms with van der Waals surface area (Å²) in [6, 6.07) is 0. The fraction of sp³-hybridized carbons (Fsp3) is 0.929. The van der Waals surface area contributed by atoms with Gasteiger partial charge < -0.3 is 20.2 Å². The van der Waals surface area contributed by atoms with Gasteiger partial charge in [0, 0.05) is 13.1 Å². The lowest BCUT2D eigenvalue weighted by Gasteiger charge is -2.28. The van der Waals surface area contributed by atoms with Gasteiger partial charge in [-0.2, -0.15) is 0 Å². The number of aliphatic hydroxyl groups excluding tert-OH is 3. The smallest absolute Gasteiger partial charge is 0.254 e. The molecule has 0 bridgehead atoms. The zero-order valence-corrected chi connectivity index (χ0v) is 32.4. The van der Waals surface area contributed by atoms with Crippen molar-refractivity contribution in [2.24, 2.45) is 0 Å². The highest BCUT2D eigenvalue weighted by Gasteiger charge is 2.36. The molecule has 290 valence electrons. The molecule has 3 N–H and O–H groups in total. The van der Waals surface area contributed by atoms with Crippen molar-refractivity contribution in [3.05, 3.63) is 0 Å². The molecule has 0 fully saturated rings. The third-order valence-corrected chi connectivity index (χ3v) is 10.2. The highest BCUT2D eigenvalue weighted by Crippen LogP contribution is 2.17. The summed E-state index contributed by atoms with van der Waals surface area (Å²) in [5.74, 6) is -1.94. The second kappa shape index (κ2) is 36.5. The first kappa shape index (κ1) is 47.7. The van der Waals surface area contributed by atoms with Gasteiger partial charge in [-0.25, -0.2) is 0 Å². The molecule has 0 aromatic carbocycles. The van der Waals surface area contributed by atoms with Crippen LogP contribution in [0.1, 0.15) is 219 Å². The van der Waals surface area contributed by atoms with Gasteiger partial charge in [-0.1, -0.05) is 206 Å². The number of rotatable bonds is 39. The van der Waals surface area contributed by atoms with Gasteiger partial charge in [0.15, 0.2) is 12.4 Å². The number of hydrogen-bond acceptors (Lipinski definition) is 6. The molecule has 49 heavy (non-hydrogen) atoms. The first-order valence-electron chi connectivity index (χ1n) is 21.2. The van der Waals surface area contributed by atoms with Gasteiger partial charge in [0.2, 0.25) is 5.78 Å². The minimum Gasteiger partial charge on any atom is -0.387 e. The number of nitrogens with zero attached hydrogens (tertiary/aromatic N) is 1. The SMILES string of the molecule is CCCCCCCCCCCCCCCCCCN(CCCCCCCCCCCCCCCCCC)C(=O)C(O)C(O)C(O)C(=O)C=O. The van der Waals surface area contributed by atoms with Crippen molar-refractivity contribution in [1.29, 1.82) is 0 Å². The molecule has 0 aromatic heterocycles. The average molecular weight is 696 g/mol.